The molecule has 0 rings (SSSR count). The smallest absolute Gasteiger partial charge is 0.391 e. The molecule has 0 aromatic carbocycles. The predicted octanol–water partition coefficient (Wildman–Crippen LogP) is 22.9. The number of unbranched alkanes of at least 4 members (excludes halogenated alkanes) is 36. The second kappa shape index (κ2) is 64.9. The number of likely N-dealkylation sites (N-methyl/N-ethyl adjacent to an activating group) is 1. The van der Waals surface area contributed by atoms with Crippen LogP contribution in [0.5, 0.6) is 0 Å². The van der Waals surface area contributed by atoms with Gasteiger partial charge in [-0.3, -0.25) is 13.8 Å². The van der Waals surface area contributed by atoms with Gasteiger partial charge in [-0.1, -0.05) is 336 Å². The lowest BCUT2D eigenvalue weighted by atomic mass is 10.0. The average Bonchev–Trinajstić information content (AvgIpc) is 3.56. The zero-order chi connectivity index (χ0) is 61.2. The Balaban J connectivity index is 4.06. The van der Waals surface area contributed by atoms with Crippen molar-refractivity contribution in [3.05, 3.63) is 97.2 Å². The lowest BCUT2D eigenvalue weighted by Crippen LogP contribution is -2.46. The lowest BCUT2D eigenvalue weighted by Gasteiger charge is -2.26. The van der Waals surface area contributed by atoms with Crippen LogP contribution in [-0.4, -0.2) is 73.4 Å². The molecule has 0 aliphatic carbocycles. The highest BCUT2D eigenvalue weighted by Gasteiger charge is 2.28. The topological polar surface area (TPSA) is 105 Å². The maximum Gasteiger partial charge on any atom is 0.472 e. The number of aliphatic hydroxyl groups excluding tert-OH is 1. The van der Waals surface area contributed by atoms with Crippen LogP contribution in [0.2, 0.25) is 0 Å². The van der Waals surface area contributed by atoms with E-state index in [0.29, 0.717) is 23.9 Å². The number of allylic oxidation sites excluding steroid dienone is 16. The third-order valence-corrected chi connectivity index (χ3v) is 16.8. The Hall–Kier alpha value is -2.58. The Bertz CT molecular complexity index is 1690. The lowest BCUT2D eigenvalue weighted by molar-refractivity contribution is -0.870. The fourth-order valence-corrected chi connectivity index (χ4v) is 11.1. The summed E-state index contributed by atoms with van der Waals surface area (Å²) < 4.78 is 23.9. The molecule has 1 amide bonds. The summed E-state index contributed by atoms with van der Waals surface area (Å²) in [5.41, 5.74) is 0. The third kappa shape index (κ3) is 66.9. The van der Waals surface area contributed by atoms with E-state index in [1.54, 1.807) is 0 Å². The number of hydrogen-bond donors (Lipinski definition) is 3. The van der Waals surface area contributed by atoms with Gasteiger partial charge in [0.05, 0.1) is 39.9 Å². The van der Waals surface area contributed by atoms with Gasteiger partial charge in [0.1, 0.15) is 13.2 Å². The molecule has 0 radical (unpaired) electrons. The van der Waals surface area contributed by atoms with E-state index in [2.05, 4.69) is 116 Å². The highest BCUT2D eigenvalue weighted by atomic mass is 31.2. The summed E-state index contributed by atoms with van der Waals surface area (Å²) in [6.07, 6.45) is 93.6. The number of quaternary nitrogens is 1. The van der Waals surface area contributed by atoms with Crippen LogP contribution in [0.3, 0.4) is 0 Å². The second-order valence-electron chi connectivity index (χ2n) is 25.2. The minimum absolute atomic E-state index is 0.0717. The van der Waals surface area contributed by atoms with E-state index < -0.39 is 20.0 Å². The Morgan fingerprint density at radius 2 is 0.714 bits per heavy atom. The molecule has 0 saturated heterocycles. The fraction of sp³-hybridized carbons (Fsp3) is 0.773. The van der Waals surface area contributed by atoms with Crippen LogP contribution in [0, 0.1) is 0 Å². The Morgan fingerprint density at radius 1 is 0.417 bits per heavy atom. The van der Waals surface area contributed by atoms with Gasteiger partial charge in [-0.15, -0.1) is 0 Å². The summed E-state index contributed by atoms with van der Waals surface area (Å²) in [7, 11) is 1.62. The molecule has 0 bridgehead atoms. The minimum Gasteiger partial charge on any atom is -0.391 e. The first-order valence-corrected chi connectivity index (χ1v) is 37.1. The van der Waals surface area contributed by atoms with E-state index in [1.807, 2.05) is 21.1 Å². The van der Waals surface area contributed by atoms with E-state index >= 15 is 0 Å². The van der Waals surface area contributed by atoms with Gasteiger partial charge in [0.25, 0.3) is 0 Å². The number of amides is 1. The molecule has 0 saturated carbocycles. The standard InChI is InChI=1S/C75H137N2O6P/c1-6-8-10-12-14-16-18-20-22-24-26-28-30-32-33-34-35-36-37-38-39-40-41-42-43-45-47-49-51-53-55-57-59-61-63-65-67-69-75(79)76-73(72-83-84(80,81)82-71-70-77(3,4)5)74(78)68-66-64-62-60-58-56-54-52-50-48-46-44-31-29-27-25-23-21-19-17-15-13-11-9-7-2/h8,10,14,16,20,22,26,28,32-33,35-36,38-39,41-42,73-74,78H,6-7,9,11-13,15,17-19,21,23-25,27,29-31,34,37,40,43-72H2,1-5H3,(H-,76,79,80,81)/p+1/b10-8-,16-14-,22-20-,28-26-,33-32-,36-35-,39-38-,42-41-. The minimum atomic E-state index is -4.34. The third-order valence-electron chi connectivity index (χ3n) is 15.8. The number of phosphoric ester groups is 1. The molecule has 0 aliphatic rings. The first-order chi connectivity index (χ1) is 41.0. The molecule has 0 fully saturated rings. The zero-order valence-electron chi connectivity index (χ0n) is 55.9. The Labute approximate surface area is 521 Å². The van der Waals surface area contributed by atoms with Crippen LogP contribution in [0.1, 0.15) is 322 Å². The molecule has 3 unspecified atom stereocenters. The predicted molar refractivity (Wildman–Crippen MR) is 369 cm³/mol. The van der Waals surface area contributed by atoms with Gasteiger partial charge < -0.3 is 19.8 Å². The second-order valence-corrected chi connectivity index (χ2v) is 26.7. The van der Waals surface area contributed by atoms with Crippen LogP contribution in [0.15, 0.2) is 97.2 Å². The molecule has 488 valence electrons. The van der Waals surface area contributed by atoms with Crippen molar-refractivity contribution in [2.24, 2.45) is 0 Å². The number of carbonyl (C=O) groups is 1. The average molecular weight is 1190 g/mol. The molecule has 0 aromatic heterocycles. The molecular formula is C75H138N2O6P+. The summed E-state index contributed by atoms with van der Waals surface area (Å²) in [6.45, 7) is 4.81. The summed E-state index contributed by atoms with van der Waals surface area (Å²) in [5.74, 6) is -0.146. The van der Waals surface area contributed by atoms with Crippen LogP contribution in [0.25, 0.3) is 0 Å². The Kier molecular flexibility index (Phi) is 62.9. The summed E-state index contributed by atoms with van der Waals surface area (Å²) in [6, 6.07) is -0.769. The van der Waals surface area contributed by atoms with Crippen LogP contribution in [-0.2, 0) is 18.4 Å². The van der Waals surface area contributed by atoms with Crippen molar-refractivity contribution in [1.82, 2.24) is 5.32 Å². The van der Waals surface area contributed by atoms with Gasteiger partial charge in [-0.05, 0) is 77.0 Å². The van der Waals surface area contributed by atoms with E-state index in [-0.39, 0.29) is 19.1 Å². The summed E-state index contributed by atoms with van der Waals surface area (Å²) in [4.78, 5) is 23.5. The molecule has 0 aromatic rings. The van der Waals surface area contributed by atoms with Gasteiger partial charge in [-0.2, -0.15) is 0 Å². The van der Waals surface area contributed by atoms with E-state index in [4.69, 9.17) is 9.05 Å². The molecule has 9 heteroatoms. The molecule has 84 heavy (non-hydrogen) atoms. The van der Waals surface area contributed by atoms with Crippen molar-refractivity contribution >= 4 is 13.7 Å². The first-order valence-electron chi connectivity index (χ1n) is 35.6. The maximum atomic E-state index is 13.1. The highest BCUT2D eigenvalue weighted by Crippen LogP contribution is 2.43. The van der Waals surface area contributed by atoms with Crippen LogP contribution in [0.4, 0.5) is 0 Å². The molecule has 0 heterocycles. The molecular weight excluding hydrogens is 1060 g/mol. The number of carbonyl (C=O) groups excluding carboxylic acids is 1. The van der Waals surface area contributed by atoms with Crippen molar-refractivity contribution in [3.8, 4) is 0 Å². The molecule has 8 nitrogen and oxygen atoms in total. The number of nitrogens with zero attached hydrogens (tertiary/aromatic N) is 1. The SMILES string of the molecule is CC/C=C\C/C=C\C/C=C\C/C=C\C/C=C\C/C=C\C/C=C\C/C=C\CCCCCCCCCCCCCCC(=O)NC(COP(=O)(O)OCC[N+](C)(C)C)C(O)CCCCCCCCCCCCCCCCCCCCCCCCCCC. The first kappa shape index (κ1) is 81.4. The van der Waals surface area contributed by atoms with Gasteiger partial charge in [0, 0.05) is 6.42 Å². The van der Waals surface area contributed by atoms with Crippen molar-refractivity contribution in [3.63, 3.8) is 0 Å². The van der Waals surface area contributed by atoms with Gasteiger partial charge in [0.2, 0.25) is 5.91 Å². The van der Waals surface area contributed by atoms with E-state index in [9.17, 15) is 19.4 Å². The van der Waals surface area contributed by atoms with E-state index in [1.165, 1.54) is 205 Å². The van der Waals surface area contributed by atoms with Crippen LogP contribution >= 0.6 is 7.82 Å². The van der Waals surface area contributed by atoms with Crippen molar-refractivity contribution in [2.75, 3.05) is 40.9 Å². The van der Waals surface area contributed by atoms with Crippen molar-refractivity contribution < 1.29 is 32.9 Å². The Morgan fingerprint density at radius 3 is 1.05 bits per heavy atom. The fourth-order valence-electron chi connectivity index (χ4n) is 10.4. The van der Waals surface area contributed by atoms with Crippen molar-refractivity contribution in [2.45, 2.75) is 334 Å². The van der Waals surface area contributed by atoms with Crippen molar-refractivity contribution in [1.29, 1.82) is 0 Å². The number of phosphoric acid groups is 1. The van der Waals surface area contributed by atoms with Crippen LogP contribution < -0.4 is 5.32 Å². The molecule has 0 spiro atoms. The zero-order valence-corrected chi connectivity index (χ0v) is 56.8. The number of hydrogen-bond acceptors (Lipinski definition) is 5. The van der Waals surface area contributed by atoms with E-state index in [0.717, 1.165) is 89.9 Å². The van der Waals surface area contributed by atoms with Gasteiger partial charge in [-0.25, -0.2) is 4.57 Å². The normalized spacial score (nSPS) is 14.2. The quantitative estimate of drug-likeness (QED) is 0.0243. The number of aliphatic hydroxyl groups is 1. The van der Waals surface area contributed by atoms with Gasteiger partial charge in [0.15, 0.2) is 0 Å². The monoisotopic (exact) mass is 1190 g/mol. The number of rotatable bonds is 65. The molecule has 3 atom stereocenters. The highest BCUT2D eigenvalue weighted by molar-refractivity contribution is 7.47. The maximum absolute atomic E-state index is 13.1. The largest absolute Gasteiger partial charge is 0.472 e. The molecule has 0 aliphatic heterocycles. The molecule has 3 N–H and O–H groups in total. The summed E-state index contributed by atoms with van der Waals surface area (Å²) >= 11 is 0. The van der Waals surface area contributed by atoms with Gasteiger partial charge >= 0.3 is 7.82 Å². The number of nitrogens with one attached hydrogen (secondary N) is 1. The summed E-state index contributed by atoms with van der Waals surface area (Å²) in [5, 5.41) is 14.2.